The van der Waals surface area contributed by atoms with Gasteiger partial charge in [-0.2, -0.15) is 0 Å². The number of hydrogen-bond donors (Lipinski definition) is 5. The van der Waals surface area contributed by atoms with E-state index in [-0.39, 0.29) is 26.0 Å². The van der Waals surface area contributed by atoms with Crippen LogP contribution in [0.2, 0.25) is 0 Å². The number of thiophene rings is 1. The van der Waals surface area contributed by atoms with Crippen molar-refractivity contribution in [2.24, 2.45) is 5.73 Å². The first kappa shape index (κ1) is 30.3. The van der Waals surface area contributed by atoms with Crippen LogP contribution < -0.4 is 21.7 Å². The van der Waals surface area contributed by atoms with Crippen LogP contribution >= 0.6 is 11.3 Å². The number of aromatic amines is 1. The van der Waals surface area contributed by atoms with Crippen LogP contribution in [0, 0.1) is 0 Å². The Balaban J connectivity index is 1.37. The van der Waals surface area contributed by atoms with Crippen molar-refractivity contribution >= 4 is 56.8 Å². The van der Waals surface area contributed by atoms with Crippen molar-refractivity contribution in [3.05, 3.63) is 106 Å². The summed E-state index contributed by atoms with van der Waals surface area (Å²) in [5.74, 6) is -1.89. The predicted molar refractivity (Wildman–Crippen MR) is 170 cm³/mol. The van der Waals surface area contributed by atoms with Gasteiger partial charge in [-0.25, -0.2) is 4.79 Å². The number of nitrogens with one attached hydrogen (secondary N) is 4. The van der Waals surface area contributed by atoms with Crippen molar-refractivity contribution in [1.29, 1.82) is 0 Å². The second-order valence-corrected chi connectivity index (χ2v) is 11.7. The molecule has 0 radical (unpaired) electrons. The van der Waals surface area contributed by atoms with Crippen LogP contribution in [0.25, 0.3) is 21.7 Å². The third-order valence-electron chi connectivity index (χ3n) is 7.38. The van der Waals surface area contributed by atoms with E-state index < -0.39 is 35.4 Å². The molecular weight excluding hydrogens is 578 g/mol. The minimum absolute atomic E-state index is 0.000226. The molecule has 5 rings (SSSR count). The lowest BCUT2D eigenvalue weighted by Crippen LogP contribution is -2.62. The van der Waals surface area contributed by atoms with Gasteiger partial charge in [0, 0.05) is 34.8 Å². The molecule has 0 saturated heterocycles. The predicted octanol–water partition coefficient (Wildman–Crippen LogP) is 3.94. The number of hydrogen-bond acceptors (Lipinski definition) is 6. The number of carbonyl (C=O) groups excluding carboxylic acids is 4. The van der Waals surface area contributed by atoms with Gasteiger partial charge in [0.1, 0.15) is 18.2 Å². The van der Waals surface area contributed by atoms with E-state index in [9.17, 15) is 19.2 Å². The first-order valence-electron chi connectivity index (χ1n) is 14.1. The SMILES string of the molecule is CC(Cc1cccs1)(NC(=O)[C@H](Cc1c[nH]c2ccccc12)NC(=O)OCc1cccc2ccccc12)C(=O)NCC(N)=O. The van der Waals surface area contributed by atoms with Gasteiger partial charge in [0.15, 0.2) is 0 Å². The number of nitrogens with two attached hydrogens (primary N) is 1. The van der Waals surface area contributed by atoms with Gasteiger partial charge in [0.25, 0.3) is 0 Å². The van der Waals surface area contributed by atoms with E-state index in [1.165, 1.54) is 11.3 Å². The van der Waals surface area contributed by atoms with Crippen molar-refractivity contribution in [3.63, 3.8) is 0 Å². The maximum absolute atomic E-state index is 13.9. The average molecular weight is 612 g/mol. The number of benzene rings is 3. The summed E-state index contributed by atoms with van der Waals surface area (Å²) in [6.07, 6.45) is 1.29. The molecular formula is C33H33N5O5S. The van der Waals surface area contributed by atoms with E-state index in [0.29, 0.717) is 0 Å². The molecule has 10 nitrogen and oxygen atoms in total. The van der Waals surface area contributed by atoms with Crippen molar-refractivity contribution in [2.45, 2.75) is 38.0 Å². The Morgan fingerprint density at radius 3 is 2.45 bits per heavy atom. The third-order valence-corrected chi connectivity index (χ3v) is 8.25. The van der Waals surface area contributed by atoms with Crippen LogP contribution in [-0.2, 0) is 38.6 Å². The van der Waals surface area contributed by atoms with E-state index in [1.54, 1.807) is 13.1 Å². The Kier molecular flexibility index (Phi) is 9.25. The molecule has 5 aromatic rings. The first-order valence-corrected chi connectivity index (χ1v) is 15.0. The number of H-pyrrole nitrogens is 1. The number of carbonyl (C=O) groups is 4. The molecule has 0 aliphatic heterocycles. The van der Waals surface area contributed by atoms with Crippen LogP contribution in [0.3, 0.4) is 0 Å². The largest absolute Gasteiger partial charge is 0.445 e. The zero-order valence-corrected chi connectivity index (χ0v) is 24.9. The number of aromatic nitrogens is 1. The number of primary amides is 1. The van der Waals surface area contributed by atoms with Gasteiger partial charge in [0.05, 0.1) is 6.54 Å². The molecule has 226 valence electrons. The summed E-state index contributed by atoms with van der Waals surface area (Å²) in [6.45, 7) is 1.19. The van der Waals surface area contributed by atoms with E-state index >= 15 is 0 Å². The molecule has 44 heavy (non-hydrogen) atoms. The summed E-state index contributed by atoms with van der Waals surface area (Å²) in [5.41, 5.74) is 6.30. The lowest BCUT2D eigenvalue weighted by atomic mass is 9.94. The maximum Gasteiger partial charge on any atom is 0.408 e. The number of fused-ring (bicyclic) bond motifs is 2. The van der Waals surface area contributed by atoms with E-state index in [4.69, 9.17) is 10.5 Å². The van der Waals surface area contributed by atoms with Gasteiger partial charge in [-0.1, -0.05) is 66.7 Å². The van der Waals surface area contributed by atoms with Crippen LogP contribution in [0.4, 0.5) is 4.79 Å². The molecule has 0 aliphatic carbocycles. The second kappa shape index (κ2) is 13.4. The summed E-state index contributed by atoms with van der Waals surface area (Å²) >= 11 is 1.43. The highest BCUT2D eigenvalue weighted by Crippen LogP contribution is 2.22. The van der Waals surface area contributed by atoms with Crippen LogP contribution in [0.15, 0.2) is 90.4 Å². The molecule has 0 saturated carbocycles. The van der Waals surface area contributed by atoms with Crippen molar-refractivity contribution < 1.29 is 23.9 Å². The lowest BCUT2D eigenvalue weighted by Gasteiger charge is -2.31. The molecule has 2 atom stereocenters. The molecule has 6 N–H and O–H groups in total. The van der Waals surface area contributed by atoms with Gasteiger partial charge < -0.3 is 31.4 Å². The van der Waals surface area contributed by atoms with Gasteiger partial charge in [-0.15, -0.1) is 11.3 Å². The summed E-state index contributed by atoms with van der Waals surface area (Å²) < 4.78 is 5.58. The summed E-state index contributed by atoms with van der Waals surface area (Å²) in [6, 6.07) is 23.8. The molecule has 2 heterocycles. The fraction of sp³-hybridized carbons (Fsp3) is 0.212. The smallest absolute Gasteiger partial charge is 0.408 e. The standard InChI is InChI=1S/C33H33N5O5S/c1-33(17-24-11-7-15-44-24,31(41)36-19-29(34)39)38-30(40)28(16-23-18-35-27-14-5-4-13-26(23)27)37-32(42)43-20-22-10-6-9-21-8-2-3-12-25(21)22/h2-15,18,28,35H,16-17,19-20H2,1H3,(H2,34,39)(H,36,41)(H,37,42)(H,38,40)/t28-,33?/m0/s1. The Hall–Kier alpha value is -5.16. The number of para-hydroxylation sites is 1. The van der Waals surface area contributed by atoms with Crippen molar-refractivity contribution in [3.8, 4) is 0 Å². The fourth-order valence-electron chi connectivity index (χ4n) is 5.14. The normalized spacial score (nSPS) is 13.1. The lowest BCUT2D eigenvalue weighted by molar-refractivity contribution is -0.134. The monoisotopic (exact) mass is 611 g/mol. The molecule has 0 bridgehead atoms. The Bertz CT molecular complexity index is 1800. The number of rotatable bonds is 12. The maximum atomic E-state index is 13.9. The third kappa shape index (κ3) is 7.24. The highest BCUT2D eigenvalue weighted by molar-refractivity contribution is 7.09. The van der Waals surface area contributed by atoms with Crippen LogP contribution in [-0.4, -0.2) is 46.9 Å². The molecule has 2 aromatic heterocycles. The van der Waals surface area contributed by atoms with Crippen molar-refractivity contribution in [1.82, 2.24) is 20.9 Å². The van der Waals surface area contributed by atoms with Crippen LogP contribution in [0.5, 0.6) is 0 Å². The molecule has 4 amide bonds. The second-order valence-electron chi connectivity index (χ2n) is 10.7. The summed E-state index contributed by atoms with van der Waals surface area (Å²) in [5, 5.41) is 12.8. The summed E-state index contributed by atoms with van der Waals surface area (Å²) in [4.78, 5) is 55.8. The van der Waals surface area contributed by atoms with Crippen molar-refractivity contribution in [2.75, 3.05) is 6.54 Å². The van der Waals surface area contributed by atoms with Gasteiger partial charge >= 0.3 is 6.09 Å². The van der Waals surface area contributed by atoms with Gasteiger partial charge in [-0.3, -0.25) is 14.4 Å². The molecule has 11 heteroatoms. The van der Waals surface area contributed by atoms with Gasteiger partial charge in [0.2, 0.25) is 17.7 Å². The Morgan fingerprint density at radius 2 is 1.68 bits per heavy atom. The molecule has 0 spiro atoms. The molecule has 0 aliphatic rings. The number of ether oxygens (including phenoxy) is 1. The molecule has 3 aromatic carbocycles. The number of alkyl carbamates (subject to hydrolysis) is 1. The quantitative estimate of drug-likeness (QED) is 0.145. The zero-order chi connectivity index (χ0) is 31.1. The summed E-state index contributed by atoms with van der Waals surface area (Å²) in [7, 11) is 0. The van der Waals surface area contributed by atoms with Crippen LogP contribution in [0.1, 0.15) is 22.9 Å². The Morgan fingerprint density at radius 1 is 0.932 bits per heavy atom. The van der Waals surface area contributed by atoms with E-state index in [0.717, 1.165) is 37.7 Å². The minimum atomic E-state index is -1.45. The molecule has 1 unspecified atom stereocenters. The Labute approximate surface area is 258 Å². The van der Waals surface area contributed by atoms with Gasteiger partial charge in [-0.05, 0) is 46.3 Å². The first-order chi connectivity index (χ1) is 21.2. The highest BCUT2D eigenvalue weighted by Gasteiger charge is 2.38. The minimum Gasteiger partial charge on any atom is -0.445 e. The topological polar surface area (TPSA) is 155 Å². The zero-order valence-electron chi connectivity index (χ0n) is 24.1. The van der Waals surface area contributed by atoms with E-state index in [2.05, 4.69) is 20.9 Å². The highest BCUT2D eigenvalue weighted by atomic mass is 32.1. The van der Waals surface area contributed by atoms with E-state index in [1.807, 2.05) is 84.2 Å². The number of amides is 4. The fourth-order valence-corrected chi connectivity index (χ4v) is 6.00. The molecule has 0 fully saturated rings. The average Bonchev–Trinajstić information content (AvgIpc) is 3.68.